The Balaban J connectivity index is 0.000000457. The van der Waals surface area contributed by atoms with Gasteiger partial charge in [-0.25, -0.2) is 0 Å². The molecule has 0 radical (unpaired) electrons. The van der Waals surface area contributed by atoms with Crippen molar-refractivity contribution in [2.45, 2.75) is 52.9 Å². The highest BCUT2D eigenvalue weighted by Crippen LogP contribution is 2.65. The van der Waals surface area contributed by atoms with Crippen LogP contribution in [0.1, 0.15) is 52.9 Å². The topological polar surface area (TPSA) is 0 Å². The van der Waals surface area contributed by atoms with Gasteiger partial charge in [0.1, 0.15) is 0 Å². The van der Waals surface area contributed by atoms with Gasteiger partial charge in [0.05, 0.1) is 0 Å². The van der Waals surface area contributed by atoms with Crippen LogP contribution in [0.15, 0.2) is 13.2 Å². The molecule has 0 heteroatoms. The zero-order valence-corrected chi connectivity index (χ0v) is 11.3. The van der Waals surface area contributed by atoms with Gasteiger partial charge in [-0.2, -0.15) is 0 Å². The number of hydrogen-bond donors (Lipinski definition) is 0. The summed E-state index contributed by atoms with van der Waals surface area (Å²) in [6, 6.07) is 0. The van der Waals surface area contributed by atoms with Crippen LogP contribution in [-0.2, 0) is 0 Å². The molecule has 0 aliphatic heterocycles. The van der Waals surface area contributed by atoms with Crippen molar-refractivity contribution >= 4 is 0 Å². The molecule has 4 aliphatic rings. The first-order valence-corrected chi connectivity index (χ1v) is 7.09. The van der Waals surface area contributed by atoms with Crippen molar-refractivity contribution in [3.63, 3.8) is 0 Å². The average molecular weight is 220 g/mol. The predicted molar refractivity (Wildman–Crippen MR) is 71.2 cm³/mol. The fourth-order valence-electron chi connectivity index (χ4n) is 4.87. The van der Waals surface area contributed by atoms with Crippen molar-refractivity contribution in [1.29, 1.82) is 0 Å². The van der Waals surface area contributed by atoms with E-state index in [1.165, 1.54) is 6.42 Å². The third-order valence-corrected chi connectivity index (χ3v) is 5.95. The van der Waals surface area contributed by atoms with Crippen LogP contribution >= 0.6 is 0 Å². The molecule has 16 heavy (non-hydrogen) atoms. The lowest BCUT2D eigenvalue weighted by molar-refractivity contribution is -0.149. The van der Waals surface area contributed by atoms with E-state index in [-0.39, 0.29) is 0 Å². The van der Waals surface area contributed by atoms with Gasteiger partial charge in [-0.1, -0.05) is 27.2 Å². The third-order valence-electron chi connectivity index (χ3n) is 5.95. The van der Waals surface area contributed by atoms with Crippen LogP contribution in [-0.4, -0.2) is 0 Å². The van der Waals surface area contributed by atoms with Crippen molar-refractivity contribution in [3.05, 3.63) is 13.2 Å². The van der Waals surface area contributed by atoms with E-state index in [0.29, 0.717) is 5.41 Å². The van der Waals surface area contributed by atoms with E-state index < -0.39 is 0 Å². The third kappa shape index (κ3) is 1.65. The second-order valence-corrected chi connectivity index (χ2v) is 6.94. The van der Waals surface area contributed by atoms with Crippen LogP contribution in [0, 0.1) is 35.0 Å². The molecule has 5 atom stereocenters. The minimum absolute atomic E-state index is 0.710. The van der Waals surface area contributed by atoms with Gasteiger partial charge in [-0.3, -0.25) is 0 Å². The molecule has 2 bridgehead atoms. The predicted octanol–water partition coefficient (Wildman–Crippen LogP) is 4.91. The Hall–Kier alpha value is -0.260. The van der Waals surface area contributed by atoms with Gasteiger partial charge in [0.2, 0.25) is 0 Å². The van der Waals surface area contributed by atoms with Crippen LogP contribution in [0.5, 0.6) is 0 Å². The summed E-state index contributed by atoms with van der Waals surface area (Å²) in [6.45, 7) is 13.5. The smallest absolute Gasteiger partial charge is 0.0295 e. The van der Waals surface area contributed by atoms with Crippen LogP contribution in [0.2, 0.25) is 0 Å². The van der Waals surface area contributed by atoms with E-state index in [1.807, 2.05) is 0 Å². The van der Waals surface area contributed by atoms with E-state index >= 15 is 0 Å². The zero-order chi connectivity index (χ0) is 11.9. The van der Waals surface area contributed by atoms with E-state index in [4.69, 9.17) is 0 Å². The molecular formula is C16H28. The van der Waals surface area contributed by atoms with Crippen molar-refractivity contribution in [2.24, 2.45) is 35.0 Å². The van der Waals surface area contributed by atoms with Gasteiger partial charge in [0, 0.05) is 0 Å². The van der Waals surface area contributed by atoms with Gasteiger partial charge in [-0.15, -0.1) is 13.2 Å². The van der Waals surface area contributed by atoms with Gasteiger partial charge in [0.15, 0.2) is 0 Å². The lowest BCUT2D eigenvalue weighted by Crippen LogP contribution is -2.56. The Morgan fingerprint density at radius 2 is 1.69 bits per heavy atom. The molecule has 4 saturated carbocycles. The van der Waals surface area contributed by atoms with Crippen molar-refractivity contribution in [3.8, 4) is 0 Å². The van der Waals surface area contributed by atoms with Crippen molar-refractivity contribution < 1.29 is 0 Å². The average Bonchev–Trinajstić information content (AvgIpc) is 2.30. The number of rotatable bonds is 0. The Labute approximate surface area is 102 Å². The molecule has 4 unspecified atom stereocenters. The van der Waals surface area contributed by atoms with E-state index in [1.54, 1.807) is 25.7 Å². The highest BCUT2D eigenvalue weighted by molar-refractivity contribution is 5.06. The van der Waals surface area contributed by atoms with Gasteiger partial charge >= 0.3 is 0 Å². The molecule has 0 heterocycles. The van der Waals surface area contributed by atoms with Gasteiger partial charge in [-0.05, 0) is 60.7 Å². The first-order valence-electron chi connectivity index (χ1n) is 7.09. The molecular weight excluding hydrogens is 192 g/mol. The van der Waals surface area contributed by atoms with E-state index in [0.717, 1.165) is 29.6 Å². The SMILES string of the molecule is C=C.CC1CCC2C(C1)CC1C[C@H]2C1(C)C. The molecule has 0 aromatic carbocycles. The molecule has 0 saturated heterocycles. The molecule has 4 aliphatic carbocycles. The van der Waals surface area contributed by atoms with Crippen LogP contribution in [0.25, 0.3) is 0 Å². The molecule has 0 amide bonds. The molecule has 0 nitrogen and oxygen atoms in total. The van der Waals surface area contributed by atoms with Crippen LogP contribution in [0.3, 0.4) is 0 Å². The standard InChI is InChI=1S/C14H24.C2H4/c1-9-4-5-12-10(6-9)7-11-8-13(12)14(11,2)3;1-2/h9-13H,4-8H2,1-3H3;1-2H2/t9?,10?,11?,12?,13-;/m1./s1. The highest BCUT2D eigenvalue weighted by Gasteiger charge is 2.57. The van der Waals surface area contributed by atoms with Gasteiger partial charge < -0.3 is 0 Å². The number of hydrogen-bond acceptors (Lipinski definition) is 0. The zero-order valence-electron chi connectivity index (χ0n) is 11.3. The summed E-state index contributed by atoms with van der Waals surface area (Å²) in [5, 5.41) is 0. The van der Waals surface area contributed by atoms with Crippen LogP contribution in [0.4, 0.5) is 0 Å². The highest BCUT2D eigenvalue weighted by atomic mass is 14.6. The summed E-state index contributed by atoms with van der Waals surface area (Å²) < 4.78 is 0. The Bertz CT molecular complexity index is 253. The van der Waals surface area contributed by atoms with Crippen molar-refractivity contribution in [1.82, 2.24) is 0 Å². The maximum absolute atomic E-state index is 3.00. The Morgan fingerprint density at radius 3 is 2.31 bits per heavy atom. The summed E-state index contributed by atoms with van der Waals surface area (Å²) in [7, 11) is 0. The fraction of sp³-hybridized carbons (Fsp3) is 0.875. The first-order chi connectivity index (χ1) is 7.59. The minimum atomic E-state index is 0.710. The molecule has 4 rings (SSSR count). The second-order valence-electron chi connectivity index (χ2n) is 6.94. The largest absolute Gasteiger partial charge is 0.106 e. The molecule has 92 valence electrons. The monoisotopic (exact) mass is 220 g/mol. The van der Waals surface area contributed by atoms with Crippen LogP contribution < -0.4 is 0 Å². The summed E-state index contributed by atoms with van der Waals surface area (Å²) in [6.07, 6.45) is 7.75. The maximum atomic E-state index is 3.00. The molecule has 0 N–H and O–H groups in total. The molecule has 4 fully saturated rings. The molecule has 0 aromatic rings. The Kier molecular flexibility index (Phi) is 3.20. The van der Waals surface area contributed by atoms with E-state index in [9.17, 15) is 0 Å². The quantitative estimate of drug-likeness (QED) is 0.509. The lowest BCUT2D eigenvalue weighted by Gasteiger charge is -2.64. The fourth-order valence-corrected chi connectivity index (χ4v) is 4.87. The Morgan fingerprint density at radius 1 is 1.00 bits per heavy atom. The van der Waals surface area contributed by atoms with E-state index in [2.05, 4.69) is 33.9 Å². The summed E-state index contributed by atoms with van der Waals surface area (Å²) in [4.78, 5) is 0. The minimum Gasteiger partial charge on any atom is -0.106 e. The summed E-state index contributed by atoms with van der Waals surface area (Å²) in [5.41, 5.74) is 0.710. The summed E-state index contributed by atoms with van der Waals surface area (Å²) in [5.74, 6) is 5.44. The second kappa shape index (κ2) is 4.20. The molecule has 0 spiro atoms. The molecule has 0 aromatic heterocycles. The van der Waals surface area contributed by atoms with Crippen molar-refractivity contribution in [2.75, 3.05) is 0 Å². The maximum Gasteiger partial charge on any atom is -0.0295 e. The summed E-state index contributed by atoms with van der Waals surface area (Å²) >= 11 is 0. The lowest BCUT2D eigenvalue weighted by atomic mass is 9.41. The normalized spacial score (nSPS) is 48.1. The van der Waals surface area contributed by atoms with Gasteiger partial charge in [0.25, 0.3) is 0 Å². The first kappa shape index (κ1) is 12.2.